The van der Waals surface area contributed by atoms with E-state index in [4.69, 9.17) is 19.4 Å². The molecule has 10 rings (SSSR count). The summed E-state index contributed by atoms with van der Waals surface area (Å²) in [5.41, 5.74) is 6.71. The van der Waals surface area contributed by atoms with Gasteiger partial charge in [0.15, 0.2) is 17.5 Å². The zero-order valence-corrected chi connectivity index (χ0v) is 26.4. The van der Waals surface area contributed by atoms with Crippen LogP contribution >= 0.6 is 11.3 Å². The van der Waals surface area contributed by atoms with Crippen LogP contribution in [0.1, 0.15) is 0 Å². The second kappa shape index (κ2) is 10.7. The molecule has 0 spiro atoms. The smallest absolute Gasteiger partial charge is 0.164 e. The third kappa shape index (κ3) is 4.40. The molecule has 0 saturated heterocycles. The number of hydrogen-bond donors (Lipinski definition) is 0. The topological polar surface area (TPSA) is 51.8 Å². The lowest BCUT2D eigenvalue weighted by Crippen LogP contribution is -2.00. The first-order valence-electron chi connectivity index (χ1n) is 15.9. The molecule has 7 aromatic carbocycles. The number of benzene rings is 7. The summed E-state index contributed by atoms with van der Waals surface area (Å²) >= 11 is 1.87. The van der Waals surface area contributed by atoms with Crippen molar-refractivity contribution in [3.05, 3.63) is 152 Å². The summed E-state index contributed by atoms with van der Waals surface area (Å²) in [7, 11) is 0. The maximum absolute atomic E-state index is 6.53. The van der Waals surface area contributed by atoms with Gasteiger partial charge >= 0.3 is 0 Å². The van der Waals surface area contributed by atoms with Gasteiger partial charge in [0.2, 0.25) is 0 Å². The highest BCUT2D eigenvalue weighted by Gasteiger charge is 2.16. The number of fused-ring (bicyclic) bond motifs is 8. The van der Waals surface area contributed by atoms with Gasteiger partial charge in [0.25, 0.3) is 0 Å². The highest BCUT2D eigenvalue weighted by Crippen LogP contribution is 2.41. The van der Waals surface area contributed by atoms with Crippen LogP contribution in [0.3, 0.4) is 0 Å². The molecule has 0 aliphatic rings. The molecule has 0 saturated carbocycles. The van der Waals surface area contributed by atoms with E-state index in [0.717, 1.165) is 44.2 Å². The van der Waals surface area contributed by atoms with E-state index >= 15 is 0 Å². The Labute approximate surface area is 279 Å². The Kier molecular flexibility index (Phi) is 6.01. The third-order valence-corrected chi connectivity index (χ3v) is 10.3. The average Bonchev–Trinajstić information content (AvgIpc) is 3.72. The molecule has 0 fully saturated rings. The van der Waals surface area contributed by atoms with E-state index in [2.05, 4.69) is 84.9 Å². The highest BCUT2D eigenvalue weighted by atomic mass is 32.1. The van der Waals surface area contributed by atoms with Gasteiger partial charge in [-0.3, -0.25) is 0 Å². The molecule has 0 atom stereocenters. The van der Waals surface area contributed by atoms with Gasteiger partial charge in [0.1, 0.15) is 11.2 Å². The molecule has 224 valence electrons. The van der Waals surface area contributed by atoms with E-state index < -0.39 is 0 Å². The third-order valence-electron chi connectivity index (χ3n) is 9.13. The van der Waals surface area contributed by atoms with Gasteiger partial charge in [0.05, 0.1) is 0 Å². The van der Waals surface area contributed by atoms with E-state index in [1.54, 1.807) is 0 Å². The number of rotatable bonds is 4. The van der Waals surface area contributed by atoms with Crippen molar-refractivity contribution in [2.45, 2.75) is 0 Å². The number of thiophene rings is 1. The summed E-state index contributed by atoms with van der Waals surface area (Å²) in [5.74, 6) is 1.88. The minimum atomic E-state index is 0.606. The fourth-order valence-corrected chi connectivity index (χ4v) is 7.94. The molecule has 10 aromatic rings. The van der Waals surface area contributed by atoms with Crippen LogP contribution in [-0.2, 0) is 0 Å². The molecule has 0 N–H and O–H groups in total. The molecule has 5 heteroatoms. The van der Waals surface area contributed by atoms with Crippen LogP contribution < -0.4 is 0 Å². The van der Waals surface area contributed by atoms with Crippen LogP contribution in [0.4, 0.5) is 0 Å². The Morgan fingerprint density at radius 1 is 0.375 bits per heavy atom. The summed E-state index contributed by atoms with van der Waals surface area (Å²) < 4.78 is 9.17. The van der Waals surface area contributed by atoms with Crippen LogP contribution in [0.2, 0.25) is 0 Å². The van der Waals surface area contributed by atoms with E-state index in [1.807, 2.05) is 78.1 Å². The molecule has 3 heterocycles. The summed E-state index contributed by atoms with van der Waals surface area (Å²) in [6.45, 7) is 0. The molecule has 0 unspecified atom stereocenters. The minimum absolute atomic E-state index is 0.606. The van der Waals surface area contributed by atoms with Crippen molar-refractivity contribution < 1.29 is 4.42 Å². The Hall–Kier alpha value is -6.17. The lowest BCUT2D eigenvalue weighted by molar-refractivity contribution is 0.669. The van der Waals surface area contributed by atoms with Gasteiger partial charge in [-0.05, 0) is 58.3 Å². The molecule has 0 aliphatic heterocycles. The van der Waals surface area contributed by atoms with Crippen molar-refractivity contribution in [2.75, 3.05) is 0 Å². The molecule has 48 heavy (non-hydrogen) atoms. The van der Waals surface area contributed by atoms with Crippen molar-refractivity contribution in [3.63, 3.8) is 0 Å². The summed E-state index contributed by atoms with van der Waals surface area (Å²) in [6.07, 6.45) is 0. The van der Waals surface area contributed by atoms with Crippen LogP contribution in [0, 0.1) is 0 Å². The van der Waals surface area contributed by atoms with Gasteiger partial charge in [-0.1, -0.05) is 115 Å². The molecular weight excluding hydrogens is 607 g/mol. The van der Waals surface area contributed by atoms with Crippen molar-refractivity contribution in [1.29, 1.82) is 0 Å². The van der Waals surface area contributed by atoms with Gasteiger partial charge in [-0.15, -0.1) is 11.3 Å². The molecule has 0 radical (unpaired) electrons. The Morgan fingerprint density at radius 2 is 0.917 bits per heavy atom. The number of furan rings is 1. The molecular formula is C43H25N3OS. The highest BCUT2D eigenvalue weighted by molar-refractivity contribution is 7.26. The summed E-state index contributed by atoms with van der Waals surface area (Å²) in [5, 5.41) is 7.32. The lowest BCUT2D eigenvalue weighted by Gasteiger charge is -2.08. The van der Waals surface area contributed by atoms with Gasteiger partial charge in [-0.2, -0.15) is 0 Å². The zero-order valence-electron chi connectivity index (χ0n) is 25.6. The first kappa shape index (κ1) is 27.0. The Morgan fingerprint density at radius 3 is 1.62 bits per heavy atom. The van der Waals surface area contributed by atoms with Crippen LogP contribution in [0.5, 0.6) is 0 Å². The first-order chi connectivity index (χ1) is 23.7. The SMILES string of the molecule is c1ccc(-c2nc(-c3ccccc3)nc(-c3ccc4c(c3)oc3cc(-c5ccc6sc7c8ccccc8ccc7c6c5)ccc34)n2)cc1. The number of aromatic nitrogens is 3. The molecule has 0 amide bonds. The van der Waals surface area contributed by atoms with Crippen molar-refractivity contribution in [3.8, 4) is 45.3 Å². The first-order valence-corrected chi connectivity index (χ1v) is 16.7. The van der Waals surface area contributed by atoms with Crippen LogP contribution in [0.15, 0.2) is 156 Å². The van der Waals surface area contributed by atoms with Gasteiger partial charge in [-0.25, -0.2) is 15.0 Å². The van der Waals surface area contributed by atoms with Crippen LogP contribution in [0.25, 0.3) is 98.2 Å². The van der Waals surface area contributed by atoms with Crippen molar-refractivity contribution >= 4 is 64.2 Å². The predicted octanol–water partition coefficient (Wildman–Crippen LogP) is 12.0. The molecule has 4 nitrogen and oxygen atoms in total. The van der Waals surface area contributed by atoms with Crippen molar-refractivity contribution in [2.24, 2.45) is 0 Å². The monoisotopic (exact) mass is 631 g/mol. The van der Waals surface area contributed by atoms with Gasteiger partial charge < -0.3 is 4.42 Å². The Balaban J connectivity index is 1.07. The van der Waals surface area contributed by atoms with E-state index in [1.165, 1.54) is 36.5 Å². The maximum atomic E-state index is 6.53. The second-order valence-electron chi connectivity index (χ2n) is 12.0. The summed E-state index contributed by atoms with van der Waals surface area (Å²) in [4.78, 5) is 14.7. The quantitative estimate of drug-likeness (QED) is 0.194. The second-order valence-corrected chi connectivity index (χ2v) is 13.1. The number of hydrogen-bond acceptors (Lipinski definition) is 5. The summed E-state index contributed by atoms with van der Waals surface area (Å²) in [6, 6.07) is 52.7. The lowest BCUT2D eigenvalue weighted by atomic mass is 10.0. The van der Waals surface area contributed by atoms with E-state index in [-0.39, 0.29) is 0 Å². The number of nitrogens with zero attached hydrogens (tertiary/aromatic N) is 3. The van der Waals surface area contributed by atoms with Crippen LogP contribution in [-0.4, -0.2) is 15.0 Å². The van der Waals surface area contributed by atoms with E-state index in [9.17, 15) is 0 Å². The standard InChI is InChI=1S/C43H25N3OS/c1-3-10-27(11-4-1)41-44-42(28-12-5-2-6-13-28)46-43(45-41)31-17-20-34-33-19-16-30(24-37(33)47-38(34)25-31)29-18-22-39-36(23-29)35-21-15-26-9-7-8-14-32(26)40(35)48-39/h1-25H. The largest absolute Gasteiger partial charge is 0.456 e. The molecule has 3 aromatic heterocycles. The fourth-order valence-electron chi connectivity index (χ4n) is 6.72. The average molecular weight is 632 g/mol. The van der Waals surface area contributed by atoms with Crippen molar-refractivity contribution in [1.82, 2.24) is 15.0 Å². The van der Waals surface area contributed by atoms with E-state index in [0.29, 0.717) is 17.5 Å². The van der Waals surface area contributed by atoms with Gasteiger partial charge in [0, 0.05) is 47.6 Å². The zero-order chi connectivity index (χ0) is 31.6. The molecule has 0 aliphatic carbocycles. The normalized spacial score (nSPS) is 11.8. The maximum Gasteiger partial charge on any atom is 0.164 e. The molecule has 0 bridgehead atoms. The minimum Gasteiger partial charge on any atom is -0.456 e. The predicted molar refractivity (Wildman–Crippen MR) is 199 cm³/mol. The fraction of sp³-hybridized carbons (Fsp3) is 0. The Bertz CT molecular complexity index is 2780.